The van der Waals surface area contributed by atoms with Crippen LogP contribution < -0.4 is 4.74 Å². The number of carbonyl (C=O) groups is 1. The van der Waals surface area contributed by atoms with Gasteiger partial charge in [0.25, 0.3) is 0 Å². The highest BCUT2D eigenvalue weighted by molar-refractivity contribution is 5.89. The third-order valence-electron chi connectivity index (χ3n) is 3.16. The highest BCUT2D eigenvalue weighted by Crippen LogP contribution is 2.25. The minimum absolute atomic E-state index is 0.0544. The van der Waals surface area contributed by atoms with Gasteiger partial charge in [-0.25, -0.2) is 4.79 Å². The van der Waals surface area contributed by atoms with Crippen molar-refractivity contribution >= 4 is 5.97 Å². The van der Waals surface area contributed by atoms with E-state index in [2.05, 4.69) is 4.98 Å². The van der Waals surface area contributed by atoms with E-state index in [9.17, 15) is 9.90 Å². The molecule has 0 radical (unpaired) electrons. The van der Waals surface area contributed by atoms with Crippen LogP contribution in [0.2, 0.25) is 0 Å². The van der Waals surface area contributed by atoms with E-state index in [4.69, 9.17) is 4.74 Å². The molecule has 21 heavy (non-hydrogen) atoms. The Balaban J connectivity index is 2.40. The van der Waals surface area contributed by atoms with Crippen LogP contribution in [0.5, 0.6) is 5.75 Å². The van der Waals surface area contributed by atoms with E-state index in [0.29, 0.717) is 12.3 Å². The van der Waals surface area contributed by atoms with Crippen molar-refractivity contribution in [3.8, 4) is 17.0 Å². The predicted octanol–water partition coefficient (Wildman–Crippen LogP) is 3.97. The number of aromatic carboxylic acids is 1. The molecule has 4 nitrogen and oxygen atoms in total. The van der Waals surface area contributed by atoms with Gasteiger partial charge >= 0.3 is 5.97 Å². The van der Waals surface area contributed by atoms with Gasteiger partial charge in [-0.1, -0.05) is 13.8 Å². The molecule has 0 aliphatic carbocycles. The molecule has 4 heteroatoms. The molecular weight excluding hydrogens is 266 g/mol. The predicted molar refractivity (Wildman–Crippen MR) is 81.9 cm³/mol. The quantitative estimate of drug-likeness (QED) is 0.903. The summed E-state index contributed by atoms with van der Waals surface area (Å²) >= 11 is 0. The maximum atomic E-state index is 11.2. The van der Waals surface area contributed by atoms with E-state index >= 15 is 0 Å². The zero-order chi connectivity index (χ0) is 15.4. The lowest BCUT2D eigenvalue weighted by Crippen LogP contribution is -2.07. The van der Waals surface area contributed by atoms with Crippen molar-refractivity contribution in [1.29, 1.82) is 0 Å². The minimum Gasteiger partial charge on any atom is -0.494 e. The van der Waals surface area contributed by atoms with Crippen LogP contribution in [-0.2, 0) is 0 Å². The Morgan fingerprint density at radius 3 is 2.38 bits per heavy atom. The van der Waals surface area contributed by atoms with Gasteiger partial charge in [-0.15, -0.1) is 0 Å². The maximum Gasteiger partial charge on any atom is 0.337 e. The van der Waals surface area contributed by atoms with Crippen molar-refractivity contribution in [2.24, 2.45) is 0 Å². The number of carboxylic acids is 1. The first kappa shape index (κ1) is 15.0. The molecule has 0 aliphatic rings. The van der Waals surface area contributed by atoms with Gasteiger partial charge < -0.3 is 9.84 Å². The molecule has 0 spiro atoms. The second-order valence-electron chi connectivity index (χ2n) is 5.05. The van der Waals surface area contributed by atoms with Gasteiger partial charge in [0.2, 0.25) is 0 Å². The number of hydrogen-bond donors (Lipinski definition) is 1. The van der Waals surface area contributed by atoms with Crippen LogP contribution in [0.25, 0.3) is 11.3 Å². The largest absolute Gasteiger partial charge is 0.494 e. The number of pyridine rings is 1. The normalized spacial score (nSPS) is 10.7. The number of ether oxygens (including phenoxy) is 1. The first-order valence-corrected chi connectivity index (χ1v) is 7.00. The lowest BCUT2D eigenvalue weighted by Gasteiger charge is -2.11. The van der Waals surface area contributed by atoms with Crippen molar-refractivity contribution in [3.63, 3.8) is 0 Å². The van der Waals surface area contributed by atoms with Crippen molar-refractivity contribution < 1.29 is 14.6 Å². The first-order valence-electron chi connectivity index (χ1n) is 7.00. The van der Waals surface area contributed by atoms with Gasteiger partial charge in [0, 0.05) is 5.56 Å². The van der Waals surface area contributed by atoms with E-state index in [1.165, 1.54) is 0 Å². The standard InChI is InChI=1S/C17H19NO3/c1-4-21-13-7-5-12(6-8-13)15-10-9-14(17(19)20)16(18-15)11(2)3/h5-11H,4H2,1-3H3,(H,19,20). The van der Waals surface area contributed by atoms with Gasteiger partial charge in [0.1, 0.15) is 5.75 Å². The topological polar surface area (TPSA) is 59.4 Å². The summed E-state index contributed by atoms with van der Waals surface area (Å²) in [6.07, 6.45) is 0. The molecule has 2 rings (SSSR count). The van der Waals surface area contributed by atoms with Crippen molar-refractivity contribution in [2.45, 2.75) is 26.7 Å². The summed E-state index contributed by atoms with van der Waals surface area (Å²) in [7, 11) is 0. The van der Waals surface area contributed by atoms with Crippen LogP contribution in [0.1, 0.15) is 42.7 Å². The highest BCUT2D eigenvalue weighted by Gasteiger charge is 2.15. The Kier molecular flexibility index (Phi) is 4.58. The third-order valence-corrected chi connectivity index (χ3v) is 3.16. The van der Waals surface area contributed by atoms with Crippen LogP contribution in [0.3, 0.4) is 0 Å². The van der Waals surface area contributed by atoms with Gasteiger partial charge in [-0.2, -0.15) is 0 Å². The Bertz CT molecular complexity index is 633. The van der Waals surface area contributed by atoms with E-state index in [0.717, 1.165) is 17.0 Å². The molecule has 1 heterocycles. The Labute approximate surface area is 124 Å². The van der Waals surface area contributed by atoms with E-state index < -0.39 is 5.97 Å². The molecule has 0 saturated heterocycles. The molecule has 0 atom stereocenters. The molecule has 0 bridgehead atoms. The van der Waals surface area contributed by atoms with Crippen LogP contribution in [0.4, 0.5) is 0 Å². The van der Waals surface area contributed by atoms with Gasteiger partial charge in [-0.3, -0.25) is 4.98 Å². The second kappa shape index (κ2) is 6.39. The summed E-state index contributed by atoms with van der Waals surface area (Å²) in [5.74, 6) is -0.0734. The molecule has 1 N–H and O–H groups in total. The van der Waals surface area contributed by atoms with Crippen LogP contribution >= 0.6 is 0 Å². The number of hydrogen-bond acceptors (Lipinski definition) is 3. The number of benzene rings is 1. The zero-order valence-electron chi connectivity index (χ0n) is 12.5. The lowest BCUT2D eigenvalue weighted by molar-refractivity contribution is 0.0694. The van der Waals surface area contributed by atoms with Crippen LogP contribution in [-0.4, -0.2) is 22.7 Å². The molecule has 0 amide bonds. The Morgan fingerprint density at radius 2 is 1.86 bits per heavy atom. The van der Waals surface area contributed by atoms with Gasteiger partial charge in [-0.05, 0) is 49.2 Å². The lowest BCUT2D eigenvalue weighted by atomic mass is 10.0. The average Bonchev–Trinajstić information content (AvgIpc) is 2.47. The molecule has 2 aromatic rings. The minimum atomic E-state index is -0.940. The van der Waals surface area contributed by atoms with Crippen LogP contribution in [0, 0.1) is 0 Å². The monoisotopic (exact) mass is 285 g/mol. The van der Waals surface area contributed by atoms with Crippen molar-refractivity contribution in [3.05, 3.63) is 47.7 Å². The Morgan fingerprint density at radius 1 is 1.19 bits per heavy atom. The summed E-state index contributed by atoms with van der Waals surface area (Å²) in [6.45, 7) is 6.45. The number of carboxylic acid groups (broad SMARTS) is 1. The Hall–Kier alpha value is -2.36. The molecule has 110 valence electrons. The second-order valence-corrected chi connectivity index (χ2v) is 5.05. The molecule has 0 fully saturated rings. The molecule has 1 aromatic carbocycles. The van der Waals surface area contributed by atoms with Gasteiger partial charge in [0.05, 0.1) is 23.6 Å². The highest BCUT2D eigenvalue weighted by atomic mass is 16.5. The fourth-order valence-corrected chi connectivity index (χ4v) is 2.15. The van der Waals surface area contributed by atoms with E-state index in [1.54, 1.807) is 12.1 Å². The SMILES string of the molecule is CCOc1ccc(-c2ccc(C(=O)O)c(C(C)C)n2)cc1. The first-order chi connectivity index (χ1) is 10.0. The summed E-state index contributed by atoms with van der Waals surface area (Å²) in [5.41, 5.74) is 2.58. The smallest absolute Gasteiger partial charge is 0.337 e. The zero-order valence-corrected chi connectivity index (χ0v) is 12.5. The molecule has 1 aromatic heterocycles. The van der Waals surface area contributed by atoms with Gasteiger partial charge in [0.15, 0.2) is 0 Å². The molecular formula is C17H19NO3. The van der Waals surface area contributed by atoms with Crippen molar-refractivity contribution in [1.82, 2.24) is 4.98 Å². The fourth-order valence-electron chi connectivity index (χ4n) is 2.15. The fraction of sp³-hybridized carbons (Fsp3) is 0.294. The summed E-state index contributed by atoms with van der Waals surface area (Å²) in [6, 6.07) is 11.0. The third kappa shape index (κ3) is 3.40. The summed E-state index contributed by atoms with van der Waals surface area (Å²) < 4.78 is 5.41. The van der Waals surface area contributed by atoms with Crippen LogP contribution in [0.15, 0.2) is 36.4 Å². The maximum absolute atomic E-state index is 11.2. The van der Waals surface area contributed by atoms with Crippen molar-refractivity contribution in [2.75, 3.05) is 6.61 Å². The van der Waals surface area contributed by atoms with E-state index in [1.807, 2.05) is 45.0 Å². The van der Waals surface area contributed by atoms with E-state index in [-0.39, 0.29) is 11.5 Å². The summed E-state index contributed by atoms with van der Waals surface area (Å²) in [4.78, 5) is 15.8. The molecule has 0 aliphatic heterocycles. The average molecular weight is 285 g/mol. The molecule has 0 unspecified atom stereocenters. The summed E-state index contributed by atoms with van der Waals surface area (Å²) in [5, 5.41) is 9.21. The molecule has 0 saturated carbocycles. The number of rotatable bonds is 5. The number of aromatic nitrogens is 1. The number of nitrogens with zero attached hydrogens (tertiary/aromatic N) is 1.